The zero-order chi connectivity index (χ0) is 27.6. The molecule has 1 atom stereocenters. The maximum absolute atomic E-state index is 8.63. The number of pyridine rings is 1. The number of rotatable bonds is 3. The molecule has 0 radical (unpaired) electrons. The van der Waals surface area contributed by atoms with E-state index < -0.39 is 12.7 Å². The van der Waals surface area contributed by atoms with Gasteiger partial charge in [-0.25, -0.2) is 9.41 Å². The molecule has 3 aromatic carbocycles. The molecule has 0 aliphatic carbocycles. The van der Waals surface area contributed by atoms with Crippen LogP contribution in [0.3, 0.4) is 0 Å². The van der Waals surface area contributed by atoms with Crippen LogP contribution in [-0.4, -0.2) is 0 Å². The van der Waals surface area contributed by atoms with Crippen molar-refractivity contribution in [1.29, 1.82) is 0 Å². The van der Waals surface area contributed by atoms with Crippen molar-refractivity contribution in [1.82, 2.24) is 0 Å². The Labute approximate surface area is 201 Å². The largest absolute Gasteiger partial charge is 0.456 e. The number of benzene rings is 3. The monoisotopic (exact) mass is 436 g/mol. The molecule has 5 aromatic rings. The number of hydrogen-bond acceptors (Lipinski definition) is 1. The van der Waals surface area contributed by atoms with E-state index in [1.807, 2.05) is 62.4 Å². The number of nitrogens with zero attached hydrogens (tertiary/aromatic N) is 2. The lowest BCUT2D eigenvalue weighted by Gasteiger charge is -2.09. The molecule has 0 aliphatic heterocycles. The van der Waals surface area contributed by atoms with Gasteiger partial charge >= 0.3 is 0 Å². The van der Waals surface area contributed by atoms with Crippen LogP contribution in [0.2, 0.25) is 0 Å². The molecule has 5 rings (SSSR count). The lowest BCUT2D eigenvalue weighted by molar-refractivity contribution is -0.660. The highest BCUT2D eigenvalue weighted by Gasteiger charge is 2.23. The fourth-order valence-corrected chi connectivity index (χ4v) is 4.38. The first-order valence-electron chi connectivity index (χ1n) is 13.3. The molecule has 1 unspecified atom stereocenters. The highest BCUT2D eigenvalue weighted by Crippen LogP contribution is 2.44. The molecule has 3 nitrogen and oxygen atoms in total. The summed E-state index contributed by atoms with van der Waals surface area (Å²) in [6.45, 7) is 10.5. The smallest absolute Gasteiger partial charge is 0.216 e. The van der Waals surface area contributed by atoms with E-state index in [0.29, 0.717) is 22.5 Å². The van der Waals surface area contributed by atoms with Crippen molar-refractivity contribution in [2.45, 2.75) is 33.5 Å². The van der Waals surface area contributed by atoms with Gasteiger partial charge in [-0.2, -0.15) is 0 Å². The zero-order valence-corrected chi connectivity index (χ0v) is 19.1. The Morgan fingerprint density at radius 1 is 1.03 bits per heavy atom. The van der Waals surface area contributed by atoms with Crippen LogP contribution in [0, 0.1) is 20.4 Å². The molecule has 0 saturated heterocycles. The van der Waals surface area contributed by atoms with Crippen LogP contribution in [-0.2, 0) is 7.05 Å². The molecule has 0 bridgehead atoms. The van der Waals surface area contributed by atoms with Gasteiger partial charge in [-0.05, 0) is 36.4 Å². The predicted octanol–water partition coefficient (Wildman–Crippen LogP) is 8.04. The van der Waals surface area contributed by atoms with Gasteiger partial charge in [-0.3, -0.25) is 0 Å². The molecule has 0 N–H and O–H groups in total. The van der Waals surface area contributed by atoms with Gasteiger partial charge in [0.2, 0.25) is 5.69 Å². The van der Waals surface area contributed by atoms with Gasteiger partial charge in [0, 0.05) is 33.9 Å². The van der Waals surface area contributed by atoms with Crippen LogP contribution >= 0.6 is 0 Å². The van der Waals surface area contributed by atoms with Crippen molar-refractivity contribution in [2.24, 2.45) is 7.05 Å². The van der Waals surface area contributed by atoms with E-state index in [1.165, 1.54) is 6.92 Å². The highest BCUT2D eigenvalue weighted by atomic mass is 16.3. The molecule has 33 heavy (non-hydrogen) atoms. The Balaban J connectivity index is 1.86. The van der Waals surface area contributed by atoms with E-state index in [0.717, 1.165) is 38.6 Å². The van der Waals surface area contributed by atoms with E-state index in [4.69, 9.17) is 17.8 Å². The molecule has 0 spiro atoms. The number of hydrogen-bond donors (Lipinski definition) is 0. The normalized spacial score (nSPS) is 15.8. The molecule has 2 heterocycles. The predicted molar refractivity (Wildman–Crippen MR) is 136 cm³/mol. The topological polar surface area (TPSA) is 21.4 Å². The second-order valence-electron chi connectivity index (χ2n) is 8.50. The van der Waals surface area contributed by atoms with Crippen LogP contribution in [0.15, 0.2) is 71.3 Å². The van der Waals surface area contributed by atoms with E-state index >= 15 is 0 Å². The third-order valence-electron chi connectivity index (χ3n) is 6.19. The minimum atomic E-state index is -2.61. The van der Waals surface area contributed by atoms with Crippen LogP contribution in [0.25, 0.3) is 49.2 Å². The summed E-state index contributed by atoms with van der Waals surface area (Å²) in [6, 6.07) is 17.3. The summed E-state index contributed by atoms with van der Waals surface area (Å²) in [5.74, 6) is -1.97. The minimum absolute atomic E-state index is 0.0114. The van der Waals surface area contributed by atoms with Crippen LogP contribution in [0.1, 0.15) is 43.2 Å². The fraction of sp³-hybridized carbons (Fsp3) is 0.200. The molecule has 0 aliphatic rings. The summed E-state index contributed by atoms with van der Waals surface area (Å²) < 4.78 is 49.2. The van der Waals surface area contributed by atoms with Gasteiger partial charge < -0.3 is 4.42 Å². The SMILES string of the molecule is [2H]c1c[n+](C)c(-c2c(C)ccc3c2oc2c(-c4ccc(C)cc4)c([N+]#[C-])ccc23)cc1C([2H])(C)C([2H])([2H])[2H]. The first kappa shape index (κ1) is 15.8. The van der Waals surface area contributed by atoms with Crippen LogP contribution in [0.4, 0.5) is 5.69 Å². The quantitative estimate of drug-likeness (QED) is 0.207. The molecule has 2 aromatic heterocycles. The summed E-state index contributed by atoms with van der Waals surface area (Å²) in [7, 11) is 1.80. The number of aryl methyl sites for hydroxylation is 3. The van der Waals surface area contributed by atoms with Gasteiger partial charge in [0.15, 0.2) is 11.9 Å². The van der Waals surface area contributed by atoms with E-state index in [-0.39, 0.29) is 11.6 Å². The van der Waals surface area contributed by atoms with Gasteiger partial charge in [0.25, 0.3) is 0 Å². The molecule has 3 heteroatoms. The van der Waals surface area contributed by atoms with Crippen molar-refractivity contribution in [3.05, 3.63) is 94.9 Å². The minimum Gasteiger partial charge on any atom is -0.456 e. The van der Waals surface area contributed by atoms with Gasteiger partial charge in [0.1, 0.15) is 18.2 Å². The molecule has 0 fully saturated rings. The first-order valence-corrected chi connectivity index (χ1v) is 10.8. The molecular weight excluding hydrogens is 404 g/mol. The van der Waals surface area contributed by atoms with Crippen LogP contribution < -0.4 is 4.57 Å². The number of fused-ring (bicyclic) bond motifs is 3. The van der Waals surface area contributed by atoms with E-state index in [1.54, 1.807) is 23.9 Å². The molecule has 0 amide bonds. The highest BCUT2D eigenvalue weighted by molar-refractivity contribution is 6.15. The van der Waals surface area contributed by atoms with Gasteiger partial charge in [0.05, 0.1) is 13.5 Å². The molecular formula is C30H27N2O+. The Bertz CT molecular complexity index is 1770. The average Bonchev–Trinajstić information content (AvgIpc) is 3.22. The summed E-state index contributed by atoms with van der Waals surface area (Å²) in [6.07, 6.45) is 1.54. The van der Waals surface area contributed by atoms with Crippen LogP contribution in [0.5, 0.6) is 0 Å². The molecule has 0 saturated carbocycles. The summed E-state index contributed by atoms with van der Waals surface area (Å²) in [5.41, 5.74) is 6.86. The fourth-order valence-electron chi connectivity index (χ4n) is 4.38. The Hall–Kier alpha value is -3.90. The lowest BCUT2D eigenvalue weighted by Crippen LogP contribution is -2.31. The van der Waals surface area contributed by atoms with Gasteiger partial charge in [-0.1, -0.05) is 67.9 Å². The van der Waals surface area contributed by atoms with Crippen molar-refractivity contribution in [3.63, 3.8) is 0 Å². The van der Waals surface area contributed by atoms with E-state index in [2.05, 4.69) is 4.85 Å². The van der Waals surface area contributed by atoms with Crippen molar-refractivity contribution < 1.29 is 15.8 Å². The Kier molecular flexibility index (Phi) is 3.79. The summed E-state index contributed by atoms with van der Waals surface area (Å²) >= 11 is 0. The van der Waals surface area contributed by atoms with Crippen molar-refractivity contribution >= 4 is 27.6 Å². The Morgan fingerprint density at radius 2 is 1.73 bits per heavy atom. The summed E-state index contributed by atoms with van der Waals surface area (Å²) in [4.78, 5) is 3.76. The molecule has 162 valence electrons. The third-order valence-corrected chi connectivity index (χ3v) is 6.19. The second kappa shape index (κ2) is 7.90. The van der Waals surface area contributed by atoms with Gasteiger partial charge in [-0.15, -0.1) is 0 Å². The van der Waals surface area contributed by atoms with E-state index in [9.17, 15) is 0 Å². The standard InChI is InChI=1S/C30H27N2O/c1-18(2)22-15-16-32(6)26(17-22)27-20(4)9-12-23-24-13-14-25(31-5)28(30(24)33-29(23)27)21-10-7-19(3)8-11-21/h7-18H,1-4,6H3/q+1/i1D3,15D,18D. The maximum atomic E-state index is 8.63. The summed E-state index contributed by atoms with van der Waals surface area (Å²) in [5, 5.41) is 1.74. The van der Waals surface area contributed by atoms with Crippen molar-refractivity contribution in [2.75, 3.05) is 0 Å². The van der Waals surface area contributed by atoms with Crippen molar-refractivity contribution in [3.8, 4) is 22.4 Å². The Morgan fingerprint density at radius 3 is 2.42 bits per heavy atom. The number of aromatic nitrogens is 1. The average molecular weight is 437 g/mol. The second-order valence-corrected chi connectivity index (χ2v) is 8.50. The lowest BCUT2D eigenvalue weighted by atomic mass is 9.96. The first-order chi connectivity index (χ1) is 17.8. The third kappa shape index (κ3) is 3.39. The zero-order valence-electron chi connectivity index (χ0n) is 24.1. The number of furan rings is 1. The maximum Gasteiger partial charge on any atom is 0.216 e.